The normalized spacial score (nSPS) is 10.7. The number of aryl methyl sites for hydroxylation is 1. The minimum atomic E-state index is 0.272. The van der Waals surface area contributed by atoms with Crippen LogP contribution < -0.4 is 4.74 Å². The Morgan fingerprint density at radius 2 is 1.89 bits per heavy atom. The van der Waals surface area contributed by atoms with Crippen LogP contribution in [0.4, 0.5) is 0 Å². The van der Waals surface area contributed by atoms with Crippen LogP contribution in [0.1, 0.15) is 36.5 Å². The summed E-state index contributed by atoms with van der Waals surface area (Å²) in [6.07, 6.45) is 0. The Morgan fingerprint density at radius 3 is 2.58 bits per heavy atom. The number of ether oxygens (including phenoxy) is 1. The SMILES string of the molecule is Cc1ccc(C(C)C)cc1OCc1cccc(O)c1. The summed E-state index contributed by atoms with van der Waals surface area (Å²) in [5.41, 5.74) is 3.37. The molecule has 100 valence electrons. The number of aromatic hydroxyl groups is 1. The van der Waals surface area contributed by atoms with Gasteiger partial charge in [0.15, 0.2) is 0 Å². The molecule has 0 unspecified atom stereocenters. The third-order valence-corrected chi connectivity index (χ3v) is 3.18. The molecular formula is C17H20O2. The van der Waals surface area contributed by atoms with Gasteiger partial charge in [0.25, 0.3) is 0 Å². The second-order valence-electron chi connectivity index (χ2n) is 5.14. The van der Waals surface area contributed by atoms with E-state index in [2.05, 4.69) is 32.0 Å². The number of hydrogen-bond acceptors (Lipinski definition) is 2. The van der Waals surface area contributed by atoms with Gasteiger partial charge in [-0.1, -0.05) is 38.1 Å². The first kappa shape index (κ1) is 13.5. The Balaban J connectivity index is 2.12. The molecule has 0 saturated heterocycles. The number of hydrogen-bond donors (Lipinski definition) is 1. The lowest BCUT2D eigenvalue weighted by Gasteiger charge is -2.13. The number of rotatable bonds is 4. The van der Waals surface area contributed by atoms with Crippen LogP contribution in [0.25, 0.3) is 0 Å². The summed E-state index contributed by atoms with van der Waals surface area (Å²) in [5.74, 6) is 1.67. The highest BCUT2D eigenvalue weighted by molar-refractivity contribution is 5.38. The summed E-state index contributed by atoms with van der Waals surface area (Å²) in [6.45, 7) is 6.85. The maximum Gasteiger partial charge on any atom is 0.122 e. The van der Waals surface area contributed by atoms with Crippen LogP contribution in [0.5, 0.6) is 11.5 Å². The zero-order valence-corrected chi connectivity index (χ0v) is 11.7. The third kappa shape index (κ3) is 3.50. The van der Waals surface area contributed by atoms with E-state index in [-0.39, 0.29) is 5.75 Å². The molecule has 0 bridgehead atoms. The van der Waals surface area contributed by atoms with Crippen LogP contribution >= 0.6 is 0 Å². The molecule has 0 aliphatic carbocycles. The minimum Gasteiger partial charge on any atom is -0.508 e. The third-order valence-electron chi connectivity index (χ3n) is 3.18. The van der Waals surface area contributed by atoms with Crippen molar-refractivity contribution in [3.63, 3.8) is 0 Å². The molecule has 0 aliphatic rings. The van der Waals surface area contributed by atoms with Gasteiger partial charge in [-0.3, -0.25) is 0 Å². The van der Waals surface area contributed by atoms with E-state index in [1.807, 2.05) is 19.1 Å². The Bertz CT molecular complexity index is 559. The predicted octanol–water partition coefficient (Wildman–Crippen LogP) is 4.40. The van der Waals surface area contributed by atoms with Gasteiger partial charge < -0.3 is 9.84 Å². The number of benzene rings is 2. The van der Waals surface area contributed by atoms with Gasteiger partial charge in [-0.15, -0.1) is 0 Å². The molecule has 0 saturated carbocycles. The molecule has 0 heterocycles. The van der Waals surface area contributed by atoms with Gasteiger partial charge in [0.1, 0.15) is 18.1 Å². The fourth-order valence-corrected chi connectivity index (χ4v) is 1.94. The first-order valence-electron chi connectivity index (χ1n) is 6.57. The van der Waals surface area contributed by atoms with E-state index in [1.54, 1.807) is 12.1 Å². The lowest BCUT2D eigenvalue weighted by Crippen LogP contribution is -1.98. The van der Waals surface area contributed by atoms with E-state index in [0.29, 0.717) is 12.5 Å². The molecule has 0 atom stereocenters. The molecule has 2 heteroatoms. The van der Waals surface area contributed by atoms with Crippen molar-refractivity contribution < 1.29 is 9.84 Å². The molecule has 0 fully saturated rings. The summed E-state index contributed by atoms with van der Waals surface area (Å²) >= 11 is 0. The van der Waals surface area contributed by atoms with Gasteiger partial charge in [0, 0.05) is 0 Å². The Kier molecular flexibility index (Phi) is 4.10. The molecule has 0 aliphatic heterocycles. The maximum atomic E-state index is 9.43. The fraction of sp³-hybridized carbons (Fsp3) is 0.294. The van der Waals surface area contributed by atoms with Crippen molar-refractivity contribution in [2.24, 2.45) is 0 Å². The summed E-state index contributed by atoms with van der Waals surface area (Å²) < 4.78 is 5.86. The van der Waals surface area contributed by atoms with E-state index in [0.717, 1.165) is 16.9 Å². The van der Waals surface area contributed by atoms with Gasteiger partial charge in [-0.05, 0) is 47.7 Å². The molecule has 19 heavy (non-hydrogen) atoms. The van der Waals surface area contributed by atoms with Crippen molar-refractivity contribution >= 4 is 0 Å². The summed E-state index contributed by atoms with van der Waals surface area (Å²) in [6, 6.07) is 13.5. The zero-order chi connectivity index (χ0) is 13.8. The van der Waals surface area contributed by atoms with Crippen molar-refractivity contribution in [1.29, 1.82) is 0 Å². The van der Waals surface area contributed by atoms with E-state index >= 15 is 0 Å². The fourth-order valence-electron chi connectivity index (χ4n) is 1.94. The molecule has 2 aromatic rings. The van der Waals surface area contributed by atoms with Crippen molar-refractivity contribution in [2.75, 3.05) is 0 Å². The monoisotopic (exact) mass is 256 g/mol. The molecule has 2 aromatic carbocycles. The smallest absolute Gasteiger partial charge is 0.122 e. The molecule has 0 aromatic heterocycles. The van der Waals surface area contributed by atoms with Crippen molar-refractivity contribution in [3.8, 4) is 11.5 Å². The molecule has 1 N–H and O–H groups in total. The van der Waals surface area contributed by atoms with Gasteiger partial charge in [-0.25, -0.2) is 0 Å². The average molecular weight is 256 g/mol. The minimum absolute atomic E-state index is 0.272. The topological polar surface area (TPSA) is 29.5 Å². The molecule has 0 amide bonds. The lowest BCUT2D eigenvalue weighted by atomic mass is 10.0. The summed E-state index contributed by atoms with van der Waals surface area (Å²) in [4.78, 5) is 0. The first-order valence-corrected chi connectivity index (χ1v) is 6.57. The largest absolute Gasteiger partial charge is 0.508 e. The van der Waals surface area contributed by atoms with Gasteiger partial charge in [0.05, 0.1) is 0 Å². The second-order valence-corrected chi connectivity index (χ2v) is 5.14. The molecule has 2 rings (SSSR count). The van der Waals surface area contributed by atoms with Gasteiger partial charge in [-0.2, -0.15) is 0 Å². The number of phenolic OH excluding ortho intramolecular Hbond substituents is 1. The van der Waals surface area contributed by atoms with Crippen molar-refractivity contribution in [3.05, 3.63) is 59.2 Å². The maximum absolute atomic E-state index is 9.43. The number of phenols is 1. The second kappa shape index (κ2) is 5.79. The Labute approximate surface area is 114 Å². The van der Waals surface area contributed by atoms with E-state index in [1.165, 1.54) is 5.56 Å². The Hall–Kier alpha value is -1.96. The van der Waals surface area contributed by atoms with E-state index in [9.17, 15) is 5.11 Å². The average Bonchev–Trinajstić information content (AvgIpc) is 2.37. The van der Waals surface area contributed by atoms with E-state index in [4.69, 9.17) is 4.74 Å². The predicted molar refractivity (Wildman–Crippen MR) is 77.7 cm³/mol. The lowest BCUT2D eigenvalue weighted by molar-refractivity contribution is 0.303. The van der Waals surface area contributed by atoms with Crippen LogP contribution in [0.2, 0.25) is 0 Å². The molecular weight excluding hydrogens is 236 g/mol. The molecule has 0 radical (unpaired) electrons. The highest BCUT2D eigenvalue weighted by Crippen LogP contribution is 2.25. The molecule has 2 nitrogen and oxygen atoms in total. The van der Waals surface area contributed by atoms with Gasteiger partial charge >= 0.3 is 0 Å². The summed E-state index contributed by atoms with van der Waals surface area (Å²) in [7, 11) is 0. The van der Waals surface area contributed by atoms with Crippen LogP contribution in [0, 0.1) is 6.92 Å². The van der Waals surface area contributed by atoms with Crippen LogP contribution in [-0.4, -0.2) is 5.11 Å². The standard InChI is InChI=1S/C17H20O2/c1-12(2)15-8-7-13(3)17(10-15)19-11-14-5-4-6-16(18)9-14/h4-10,12,18H,11H2,1-3H3. The summed E-state index contributed by atoms with van der Waals surface area (Å²) in [5, 5.41) is 9.43. The van der Waals surface area contributed by atoms with E-state index < -0.39 is 0 Å². The quantitative estimate of drug-likeness (QED) is 0.878. The van der Waals surface area contributed by atoms with Gasteiger partial charge in [0.2, 0.25) is 0 Å². The van der Waals surface area contributed by atoms with Crippen LogP contribution in [-0.2, 0) is 6.61 Å². The highest BCUT2D eigenvalue weighted by Gasteiger charge is 2.05. The highest BCUT2D eigenvalue weighted by atomic mass is 16.5. The van der Waals surface area contributed by atoms with Crippen molar-refractivity contribution in [1.82, 2.24) is 0 Å². The molecule has 0 spiro atoms. The zero-order valence-electron chi connectivity index (χ0n) is 11.7. The first-order chi connectivity index (χ1) is 9.06. The van der Waals surface area contributed by atoms with Crippen LogP contribution in [0.15, 0.2) is 42.5 Å². The van der Waals surface area contributed by atoms with Crippen molar-refractivity contribution in [2.45, 2.75) is 33.3 Å². The Morgan fingerprint density at radius 1 is 1.11 bits per heavy atom. The van der Waals surface area contributed by atoms with Crippen LogP contribution in [0.3, 0.4) is 0 Å².